The third-order valence-electron chi connectivity index (χ3n) is 4.39. The number of aromatic amines is 1. The number of aromatic nitrogens is 2. The van der Waals surface area contributed by atoms with Crippen LogP contribution in [-0.2, 0) is 16.1 Å². The maximum Gasteiger partial charge on any atom is 0.251 e. The molecule has 0 aliphatic carbocycles. The van der Waals surface area contributed by atoms with Crippen LogP contribution in [0.5, 0.6) is 0 Å². The highest BCUT2D eigenvalue weighted by molar-refractivity contribution is 14.0. The monoisotopic (exact) mass is 462 g/mol. The zero-order chi connectivity index (χ0) is 16.8. The predicted octanol–water partition coefficient (Wildman–Crippen LogP) is 0.816. The number of nitrogens with zero attached hydrogens (tertiary/aromatic N) is 4. The van der Waals surface area contributed by atoms with E-state index < -0.39 is 0 Å². The smallest absolute Gasteiger partial charge is 0.251 e. The number of carbonyl (C=O) groups excluding carboxylic acids is 1. The fourth-order valence-corrected chi connectivity index (χ4v) is 3.07. The molecule has 8 nitrogen and oxygen atoms in total. The van der Waals surface area contributed by atoms with E-state index in [2.05, 4.69) is 32.3 Å². The number of ether oxygens (including phenoxy) is 1. The molecule has 2 N–H and O–H groups in total. The van der Waals surface area contributed by atoms with Crippen molar-refractivity contribution in [3.8, 4) is 0 Å². The molecule has 25 heavy (non-hydrogen) atoms. The van der Waals surface area contributed by atoms with Crippen molar-refractivity contribution in [2.45, 2.75) is 32.4 Å². The molecule has 140 valence electrons. The van der Waals surface area contributed by atoms with Crippen LogP contribution in [0.4, 0.5) is 0 Å². The number of hydrogen-bond acceptors (Lipinski definition) is 4. The number of piperazine rings is 1. The van der Waals surface area contributed by atoms with Gasteiger partial charge in [-0.15, -0.1) is 24.0 Å². The maximum absolute atomic E-state index is 12.4. The number of H-pyrrole nitrogens is 1. The molecule has 1 aromatic rings. The maximum atomic E-state index is 12.4. The fraction of sp³-hybridized carbons (Fsp3) is 0.688. The van der Waals surface area contributed by atoms with Gasteiger partial charge in [-0.25, -0.2) is 4.99 Å². The van der Waals surface area contributed by atoms with Crippen LogP contribution in [0.25, 0.3) is 0 Å². The van der Waals surface area contributed by atoms with Crippen LogP contribution >= 0.6 is 24.0 Å². The van der Waals surface area contributed by atoms with E-state index >= 15 is 0 Å². The minimum atomic E-state index is -0.223. The summed E-state index contributed by atoms with van der Waals surface area (Å²) >= 11 is 0. The first-order chi connectivity index (χ1) is 11.8. The van der Waals surface area contributed by atoms with Crippen molar-refractivity contribution >= 4 is 35.8 Å². The molecule has 2 aliphatic rings. The second-order valence-electron chi connectivity index (χ2n) is 6.07. The van der Waals surface area contributed by atoms with E-state index in [1.165, 1.54) is 0 Å². The van der Waals surface area contributed by atoms with Crippen molar-refractivity contribution in [2.75, 3.05) is 39.3 Å². The van der Waals surface area contributed by atoms with Crippen molar-refractivity contribution in [1.82, 2.24) is 25.3 Å². The highest BCUT2D eigenvalue weighted by atomic mass is 127. The van der Waals surface area contributed by atoms with E-state index in [1.54, 1.807) is 6.20 Å². The molecule has 0 aromatic carbocycles. The minimum Gasteiger partial charge on any atom is -0.368 e. The number of rotatable bonds is 4. The lowest BCUT2D eigenvalue weighted by Gasteiger charge is -2.37. The molecule has 0 bridgehead atoms. The van der Waals surface area contributed by atoms with Crippen LogP contribution in [-0.4, -0.2) is 77.3 Å². The quantitative estimate of drug-likeness (QED) is 0.393. The van der Waals surface area contributed by atoms with Crippen LogP contribution < -0.4 is 5.32 Å². The summed E-state index contributed by atoms with van der Waals surface area (Å²) in [4.78, 5) is 21.2. The zero-order valence-corrected chi connectivity index (χ0v) is 16.9. The van der Waals surface area contributed by atoms with Crippen LogP contribution in [0.15, 0.2) is 17.3 Å². The topological polar surface area (TPSA) is 85.9 Å². The van der Waals surface area contributed by atoms with E-state index in [4.69, 9.17) is 4.74 Å². The van der Waals surface area contributed by atoms with Gasteiger partial charge in [0.2, 0.25) is 0 Å². The van der Waals surface area contributed by atoms with Crippen molar-refractivity contribution in [1.29, 1.82) is 0 Å². The standard InChI is InChI=1S/C16H26N6O2.HI/c1-2-17-16(18-12-13-5-6-19-20-13)22-9-7-21(8-10-22)15(23)14-4-3-11-24-14;/h5-6,14H,2-4,7-12H2,1H3,(H,17,18)(H,19,20);1H. The third-order valence-corrected chi connectivity index (χ3v) is 4.39. The summed E-state index contributed by atoms with van der Waals surface area (Å²) in [5.41, 5.74) is 0.984. The first-order valence-corrected chi connectivity index (χ1v) is 8.70. The largest absolute Gasteiger partial charge is 0.368 e. The summed E-state index contributed by atoms with van der Waals surface area (Å²) in [5.74, 6) is 1.03. The summed E-state index contributed by atoms with van der Waals surface area (Å²) in [6, 6.07) is 1.92. The molecule has 1 atom stereocenters. The Morgan fingerprint density at radius 3 is 2.76 bits per heavy atom. The molecule has 1 aromatic heterocycles. The number of carbonyl (C=O) groups is 1. The molecule has 2 saturated heterocycles. The molecule has 1 amide bonds. The second-order valence-corrected chi connectivity index (χ2v) is 6.07. The van der Waals surface area contributed by atoms with Gasteiger partial charge >= 0.3 is 0 Å². The van der Waals surface area contributed by atoms with Crippen molar-refractivity contribution in [3.05, 3.63) is 18.0 Å². The summed E-state index contributed by atoms with van der Waals surface area (Å²) in [7, 11) is 0. The van der Waals surface area contributed by atoms with E-state index in [0.717, 1.165) is 44.1 Å². The van der Waals surface area contributed by atoms with E-state index in [0.29, 0.717) is 26.2 Å². The average molecular weight is 462 g/mol. The second kappa shape index (κ2) is 9.95. The van der Waals surface area contributed by atoms with Gasteiger partial charge in [0.25, 0.3) is 5.91 Å². The highest BCUT2D eigenvalue weighted by Crippen LogP contribution is 2.16. The Kier molecular flexibility index (Phi) is 7.94. The number of amides is 1. The lowest BCUT2D eigenvalue weighted by molar-refractivity contribution is -0.142. The third kappa shape index (κ3) is 5.30. The summed E-state index contributed by atoms with van der Waals surface area (Å²) in [6.45, 7) is 7.15. The Labute approximate surface area is 165 Å². The van der Waals surface area contributed by atoms with Crippen LogP contribution in [0.3, 0.4) is 0 Å². The first-order valence-electron chi connectivity index (χ1n) is 8.70. The lowest BCUT2D eigenvalue weighted by atomic mass is 10.2. The number of aliphatic imine (C=N–C) groups is 1. The van der Waals surface area contributed by atoms with Gasteiger partial charge in [-0.3, -0.25) is 9.89 Å². The Balaban J connectivity index is 0.00000225. The van der Waals surface area contributed by atoms with Crippen molar-refractivity contribution in [3.63, 3.8) is 0 Å². The summed E-state index contributed by atoms with van der Waals surface area (Å²) in [5, 5.41) is 10.2. The van der Waals surface area contributed by atoms with E-state index in [-0.39, 0.29) is 36.0 Å². The zero-order valence-electron chi connectivity index (χ0n) is 14.6. The van der Waals surface area contributed by atoms with Gasteiger partial charge in [-0.2, -0.15) is 5.10 Å². The fourth-order valence-electron chi connectivity index (χ4n) is 3.07. The van der Waals surface area contributed by atoms with Gasteiger partial charge in [-0.05, 0) is 25.8 Å². The van der Waals surface area contributed by atoms with Gasteiger partial charge in [-0.1, -0.05) is 0 Å². The molecule has 9 heteroatoms. The number of nitrogens with one attached hydrogen (secondary N) is 2. The van der Waals surface area contributed by atoms with E-state index in [9.17, 15) is 4.79 Å². The Morgan fingerprint density at radius 2 is 2.16 bits per heavy atom. The van der Waals surface area contributed by atoms with Crippen LogP contribution in [0.2, 0.25) is 0 Å². The van der Waals surface area contributed by atoms with Crippen molar-refractivity contribution in [2.24, 2.45) is 4.99 Å². The Morgan fingerprint density at radius 1 is 1.40 bits per heavy atom. The Hall–Kier alpha value is -1.36. The first kappa shape index (κ1) is 20.0. The highest BCUT2D eigenvalue weighted by Gasteiger charge is 2.30. The Bertz CT molecular complexity index is 551. The molecular weight excluding hydrogens is 435 g/mol. The van der Waals surface area contributed by atoms with Gasteiger partial charge in [0.15, 0.2) is 5.96 Å². The minimum absolute atomic E-state index is 0. The lowest BCUT2D eigenvalue weighted by Crippen LogP contribution is -2.55. The molecule has 1 unspecified atom stereocenters. The molecule has 0 radical (unpaired) electrons. The molecule has 2 aliphatic heterocycles. The molecule has 3 heterocycles. The SMILES string of the molecule is CCNC(=NCc1ccn[nH]1)N1CCN(C(=O)C2CCCO2)CC1.I. The number of halogens is 1. The molecule has 2 fully saturated rings. The summed E-state index contributed by atoms with van der Waals surface area (Å²) < 4.78 is 5.51. The van der Waals surface area contributed by atoms with Crippen LogP contribution in [0.1, 0.15) is 25.5 Å². The number of hydrogen-bond donors (Lipinski definition) is 2. The number of guanidine groups is 1. The average Bonchev–Trinajstić information content (AvgIpc) is 3.31. The van der Waals surface area contributed by atoms with Crippen molar-refractivity contribution < 1.29 is 9.53 Å². The van der Waals surface area contributed by atoms with Gasteiger partial charge in [0.05, 0.1) is 12.2 Å². The molecule has 0 saturated carbocycles. The van der Waals surface area contributed by atoms with Gasteiger partial charge < -0.3 is 19.9 Å². The van der Waals surface area contributed by atoms with Gasteiger partial charge in [0.1, 0.15) is 6.10 Å². The van der Waals surface area contributed by atoms with Crippen LogP contribution in [0, 0.1) is 0 Å². The normalized spacial score (nSPS) is 21.2. The van der Waals surface area contributed by atoms with Gasteiger partial charge in [0, 0.05) is 45.5 Å². The molecule has 0 spiro atoms. The molecular formula is C16H27IN6O2. The predicted molar refractivity (Wildman–Crippen MR) is 106 cm³/mol. The summed E-state index contributed by atoms with van der Waals surface area (Å²) in [6.07, 6.45) is 3.35. The van der Waals surface area contributed by atoms with E-state index in [1.807, 2.05) is 11.0 Å². The molecule has 3 rings (SSSR count).